The molecule has 0 bridgehead atoms. The van der Waals surface area contributed by atoms with Crippen molar-refractivity contribution in [3.8, 4) is 6.07 Å². The van der Waals surface area contributed by atoms with Crippen LogP contribution in [-0.2, 0) is 14.6 Å². The number of ether oxygens (including phenoxy) is 1. The van der Waals surface area contributed by atoms with Crippen LogP contribution in [0.15, 0.2) is 29.2 Å². The van der Waals surface area contributed by atoms with Crippen LogP contribution in [0.5, 0.6) is 0 Å². The van der Waals surface area contributed by atoms with E-state index in [2.05, 4.69) is 18.7 Å². The van der Waals surface area contributed by atoms with Crippen LogP contribution in [-0.4, -0.2) is 51.4 Å². The summed E-state index contributed by atoms with van der Waals surface area (Å²) >= 11 is 0. The van der Waals surface area contributed by atoms with Crippen LogP contribution in [0.25, 0.3) is 0 Å². The van der Waals surface area contributed by atoms with Crippen LogP contribution in [0.2, 0.25) is 0 Å². The molecule has 1 aliphatic carbocycles. The van der Waals surface area contributed by atoms with Gasteiger partial charge in [0.25, 0.3) is 0 Å². The van der Waals surface area contributed by atoms with Gasteiger partial charge in [0.15, 0.2) is 9.84 Å². The van der Waals surface area contributed by atoms with Crippen LogP contribution in [0.4, 0.5) is 0 Å². The molecule has 3 rings (SSSR count). The summed E-state index contributed by atoms with van der Waals surface area (Å²) in [5, 5.41) is 8.81. The second-order valence-corrected chi connectivity index (χ2v) is 9.55. The highest BCUT2D eigenvalue weighted by molar-refractivity contribution is 7.91. The van der Waals surface area contributed by atoms with Crippen LogP contribution >= 0.6 is 0 Å². The largest absolute Gasteiger partial charge is 0.377 e. The van der Waals surface area contributed by atoms with E-state index in [9.17, 15) is 8.42 Å². The predicted molar refractivity (Wildman–Crippen MR) is 91.3 cm³/mol. The van der Waals surface area contributed by atoms with E-state index in [1.54, 1.807) is 12.1 Å². The maximum absolute atomic E-state index is 12.5. The smallest absolute Gasteiger partial charge is 0.179 e. The topological polar surface area (TPSA) is 70.4 Å². The molecule has 0 radical (unpaired) electrons. The number of sulfone groups is 1. The summed E-state index contributed by atoms with van der Waals surface area (Å²) in [5.41, 5.74) is 0.531. The Kier molecular flexibility index (Phi) is 4.45. The van der Waals surface area contributed by atoms with E-state index < -0.39 is 9.84 Å². The van der Waals surface area contributed by atoms with E-state index >= 15 is 0 Å². The highest BCUT2D eigenvalue weighted by atomic mass is 32.2. The van der Waals surface area contributed by atoms with Crippen molar-refractivity contribution in [2.24, 2.45) is 11.3 Å². The number of hydrogen-bond donors (Lipinski definition) is 0. The monoisotopic (exact) mass is 348 g/mol. The van der Waals surface area contributed by atoms with Crippen molar-refractivity contribution in [3.05, 3.63) is 29.8 Å². The van der Waals surface area contributed by atoms with E-state index in [4.69, 9.17) is 10.00 Å². The molecule has 1 saturated heterocycles. The third-order valence-corrected chi connectivity index (χ3v) is 7.28. The summed E-state index contributed by atoms with van der Waals surface area (Å²) in [4.78, 5) is 2.46. The average Bonchev–Trinajstić information content (AvgIpc) is 2.99. The number of nitriles is 1. The predicted octanol–water partition coefficient (Wildman–Crippen LogP) is 2.08. The van der Waals surface area contributed by atoms with Gasteiger partial charge >= 0.3 is 0 Å². The summed E-state index contributed by atoms with van der Waals surface area (Å²) in [6.45, 7) is 5.72. The second-order valence-electron chi connectivity index (χ2n) is 7.45. The lowest BCUT2D eigenvalue weighted by Crippen LogP contribution is -2.66. The highest BCUT2D eigenvalue weighted by Crippen LogP contribution is 2.54. The molecule has 1 saturated carbocycles. The summed E-state index contributed by atoms with van der Waals surface area (Å²) in [6, 6.07) is 8.49. The lowest BCUT2D eigenvalue weighted by molar-refractivity contribution is -0.148. The minimum absolute atomic E-state index is 0.0636. The fourth-order valence-electron chi connectivity index (χ4n) is 4.45. The van der Waals surface area contributed by atoms with E-state index in [-0.39, 0.29) is 16.1 Å². The maximum atomic E-state index is 12.5. The molecule has 3 atom stereocenters. The molecule has 1 aliphatic heterocycles. The Balaban J connectivity index is 1.65. The maximum Gasteiger partial charge on any atom is 0.179 e. The molecule has 2 aliphatic rings. The molecule has 1 heterocycles. The molecule has 1 aromatic rings. The van der Waals surface area contributed by atoms with Gasteiger partial charge in [0.2, 0.25) is 0 Å². The molecule has 0 amide bonds. The standard InChI is InChI=1S/C18H24N2O3S/c1-18(2)16(15-8-10-23-17(15)18)20(3)9-11-24(21,22)14-6-4-13(12-19)5-7-14/h4-7,15-17H,8-11H2,1-3H3/t15-,16-,17-/m1/s1. The van der Waals surface area contributed by atoms with Gasteiger partial charge < -0.3 is 9.64 Å². The Morgan fingerprint density at radius 1 is 1.33 bits per heavy atom. The summed E-state index contributed by atoms with van der Waals surface area (Å²) in [6.07, 6.45) is 1.37. The first kappa shape index (κ1) is 17.4. The quantitative estimate of drug-likeness (QED) is 0.815. The molecule has 130 valence electrons. The van der Waals surface area contributed by atoms with Gasteiger partial charge in [0.05, 0.1) is 28.4 Å². The third kappa shape index (κ3) is 2.85. The van der Waals surface area contributed by atoms with Gasteiger partial charge in [-0.2, -0.15) is 5.26 Å². The zero-order valence-corrected chi connectivity index (χ0v) is 15.2. The van der Waals surface area contributed by atoms with Crippen molar-refractivity contribution >= 4 is 9.84 Å². The fraction of sp³-hybridized carbons (Fsp3) is 0.611. The molecule has 2 fully saturated rings. The molecule has 5 nitrogen and oxygen atoms in total. The Labute approximate surface area is 144 Å². The van der Waals surface area contributed by atoms with Gasteiger partial charge in [-0.05, 0) is 37.7 Å². The molecule has 0 aromatic heterocycles. The van der Waals surface area contributed by atoms with Gasteiger partial charge in [0.1, 0.15) is 0 Å². The fourth-order valence-corrected chi connectivity index (χ4v) is 5.77. The molecule has 0 unspecified atom stereocenters. The third-order valence-electron chi connectivity index (χ3n) is 5.57. The number of nitrogens with zero attached hydrogens (tertiary/aromatic N) is 2. The number of fused-ring (bicyclic) bond motifs is 1. The Hall–Kier alpha value is -1.42. The van der Waals surface area contributed by atoms with Gasteiger partial charge in [-0.3, -0.25) is 0 Å². The van der Waals surface area contributed by atoms with Crippen molar-refractivity contribution in [3.63, 3.8) is 0 Å². The molecule has 1 aromatic carbocycles. The van der Waals surface area contributed by atoms with Crippen molar-refractivity contribution in [1.29, 1.82) is 5.26 Å². The van der Waals surface area contributed by atoms with Crippen LogP contribution in [0.3, 0.4) is 0 Å². The first-order chi connectivity index (χ1) is 11.3. The van der Waals surface area contributed by atoms with Gasteiger partial charge in [0, 0.05) is 30.5 Å². The summed E-state index contributed by atoms with van der Waals surface area (Å²) in [5.74, 6) is 0.600. The van der Waals surface area contributed by atoms with Crippen LogP contribution in [0, 0.1) is 22.7 Å². The Morgan fingerprint density at radius 2 is 2.00 bits per heavy atom. The van der Waals surface area contributed by atoms with Crippen LogP contribution in [0.1, 0.15) is 25.8 Å². The SMILES string of the molecule is CN(CCS(=O)(=O)c1ccc(C#N)cc1)[C@@H]1[C@H]2CCO[C@H]2C1(C)C. The normalized spacial score (nSPS) is 28.2. The van der Waals surface area contributed by atoms with E-state index in [1.165, 1.54) is 12.1 Å². The van der Waals surface area contributed by atoms with E-state index in [0.29, 0.717) is 30.2 Å². The Bertz CT molecular complexity index is 749. The molecule has 6 heteroatoms. The van der Waals surface area contributed by atoms with Gasteiger partial charge in [-0.1, -0.05) is 13.8 Å². The minimum Gasteiger partial charge on any atom is -0.377 e. The first-order valence-electron chi connectivity index (χ1n) is 8.32. The number of benzene rings is 1. The van der Waals surface area contributed by atoms with Crippen LogP contribution < -0.4 is 0 Å². The van der Waals surface area contributed by atoms with E-state index in [1.807, 2.05) is 13.1 Å². The molecule has 0 N–H and O–H groups in total. The molecule has 0 spiro atoms. The lowest BCUT2D eigenvalue weighted by atomic mass is 9.57. The summed E-state index contributed by atoms with van der Waals surface area (Å²) < 4.78 is 30.9. The van der Waals surface area contributed by atoms with E-state index in [0.717, 1.165) is 13.0 Å². The van der Waals surface area contributed by atoms with Gasteiger partial charge in [-0.15, -0.1) is 0 Å². The lowest BCUT2D eigenvalue weighted by Gasteiger charge is -2.58. The molecular formula is C18H24N2O3S. The molecular weight excluding hydrogens is 324 g/mol. The second kappa shape index (κ2) is 6.14. The molecule has 24 heavy (non-hydrogen) atoms. The van der Waals surface area contributed by atoms with Crippen molar-refractivity contribution in [2.45, 2.75) is 37.3 Å². The number of hydrogen-bond acceptors (Lipinski definition) is 5. The zero-order chi connectivity index (χ0) is 17.5. The van der Waals surface area contributed by atoms with Crippen molar-refractivity contribution in [1.82, 2.24) is 4.90 Å². The number of rotatable bonds is 5. The summed E-state index contributed by atoms with van der Waals surface area (Å²) in [7, 11) is -1.33. The highest BCUT2D eigenvalue weighted by Gasteiger charge is 2.60. The van der Waals surface area contributed by atoms with Gasteiger partial charge in [-0.25, -0.2) is 8.42 Å². The minimum atomic E-state index is -3.34. The zero-order valence-electron chi connectivity index (χ0n) is 14.4. The Morgan fingerprint density at radius 3 is 2.62 bits per heavy atom. The first-order valence-corrected chi connectivity index (χ1v) is 9.97. The average molecular weight is 348 g/mol. The van der Waals surface area contributed by atoms with Crippen molar-refractivity contribution in [2.75, 3.05) is 26.0 Å². The van der Waals surface area contributed by atoms with Crippen molar-refractivity contribution < 1.29 is 13.2 Å².